The Morgan fingerprint density at radius 3 is 2.62 bits per heavy atom. The van der Waals surface area contributed by atoms with Crippen LogP contribution in [0, 0.1) is 0 Å². The largest absolute Gasteiger partial charge is 0.479 e. The van der Waals surface area contributed by atoms with Gasteiger partial charge in [0.05, 0.1) is 13.2 Å². The molecule has 1 atom stereocenters. The number of nitrogens with two attached hydrogens (primary N) is 1. The first-order valence-corrected chi connectivity index (χ1v) is 7.19. The number of nitrogen functional groups attached to an aromatic ring is 1. The topological polar surface area (TPSA) is 78.8 Å². The molecule has 2 aromatic heterocycles. The highest BCUT2D eigenvalue weighted by molar-refractivity contribution is 9.10. The predicted octanol–water partition coefficient (Wildman–Crippen LogP) is 2.79. The second-order valence-corrected chi connectivity index (χ2v) is 5.54. The number of halogens is 1. The lowest BCUT2D eigenvalue weighted by Gasteiger charge is -2.16. The Labute approximate surface area is 130 Å². The van der Waals surface area contributed by atoms with Crippen LogP contribution in [0.1, 0.15) is 18.5 Å². The number of aromatic nitrogens is 4. The molecule has 2 N–H and O–H groups in total. The molecular formula is C14H14BrN5O. The number of imidazole rings is 1. The third-order valence-corrected chi connectivity index (χ3v) is 3.93. The first kappa shape index (κ1) is 13.8. The number of hydrogen-bond acceptors (Lipinski definition) is 5. The van der Waals surface area contributed by atoms with Gasteiger partial charge in [-0.25, -0.2) is 9.97 Å². The van der Waals surface area contributed by atoms with Crippen molar-refractivity contribution in [3.05, 3.63) is 40.6 Å². The van der Waals surface area contributed by atoms with Gasteiger partial charge in [0.25, 0.3) is 0 Å². The molecular weight excluding hydrogens is 334 g/mol. The molecule has 108 valence electrons. The van der Waals surface area contributed by atoms with E-state index in [4.69, 9.17) is 10.5 Å². The maximum atomic E-state index is 6.06. The van der Waals surface area contributed by atoms with Crippen LogP contribution in [0.3, 0.4) is 0 Å². The minimum Gasteiger partial charge on any atom is -0.479 e. The van der Waals surface area contributed by atoms with Crippen LogP contribution in [0.25, 0.3) is 11.2 Å². The van der Waals surface area contributed by atoms with Crippen molar-refractivity contribution in [3.8, 4) is 5.88 Å². The third kappa shape index (κ3) is 2.33. The van der Waals surface area contributed by atoms with Crippen LogP contribution in [-0.2, 0) is 0 Å². The smallest absolute Gasteiger partial charge is 0.245 e. The number of hydrogen-bond donors (Lipinski definition) is 1. The minimum absolute atomic E-state index is 0.00251. The van der Waals surface area contributed by atoms with Gasteiger partial charge in [-0.05, 0) is 24.6 Å². The standard InChI is InChI=1S/C14H14BrN5O/c1-8(9-3-5-10(15)6-4-9)20-12-11(19-14(20)16)13(21-2)18-7-17-12/h3-8H,1-2H3,(H2,16,19). The maximum absolute atomic E-state index is 6.06. The fourth-order valence-corrected chi connectivity index (χ4v) is 2.59. The molecule has 0 amide bonds. The Bertz CT molecular complexity index is 784. The molecule has 3 aromatic rings. The first-order chi connectivity index (χ1) is 10.1. The van der Waals surface area contributed by atoms with Crippen LogP contribution in [0.15, 0.2) is 35.1 Å². The molecule has 1 aromatic carbocycles. The number of benzene rings is 1. The summed E-state index contributed by atoms with van der Waals surface area (Å²) in [5.74, 6) is 0.813. The van der Waals surface area contributed by atoms with Gasteiger partial charge in [-0.3, -0.25) is 4.57 Å². The summed E-state index contributed by atoms with van der Waals surface area (Å²) in [4.78, 5) is 12.7. The van der Waals surface area contributed by atoms with E-state index in [1.807, 2.05) is 28.8 Å². The number of rotatable bonds is 3. The van der Waals surface area contributed by atoms with E-state index in [0.29, 0.717) is 23.0 Å². The molecule has 0 saturated heterocycles. The Morgan fingerprint density at radius 1 is 1.24 bits per heavy atom. The van der Waals surface area contributed by atoms with E-state index in [2.05, 4.69) is 37.8 Å². The van der Waals surface area contributed by atoms with Crippen LogP contribution in [0.4, 0.5) is 5.95 Å². The monoisotopic (exact) mass is 347 g/mol. The minimum atomic E-state index is 0.00251. The van der Waals surface area contributed by atoms with Gasteiger partial charge in [-0.2, -0.15) is 4.98 Å². The van der Waals surface area contributed by atoms with E-state index in [-0.39, 0.29) is 6.04 Å². The molecule has 3 rings (SSSR count). The van der Waals surface area contributed by atoms with Gasteiger partial charge < -0.3 is 10.5 Å². The third-order valence-electron chi connectivity index (χ3n) is 3.40. The van der Waals surface area contributed by atoms with E-state index in [1.54, 1.807) is 7.11 Å². The lowest BCUT2D eigenvalue weighted by Crippen LogP contribution is -2.10. The van der Waals surface area contributed by atoms with Gasteiger partial charge in [0.15, 0.2) is 11.2 Å². The fourth-order valence-electron chi connectivity index (χ4n) is 2.33. The van der Waals surface area contributed by atoms with Crippen molar-refractivity contribution in [2.24, 2.45) is 0 Å². The lowest BCUT2D eigenvalue weighted by atomic mass is 10.1. The summed E-state index contributed by atoms with van der Waals surface area (Å²) in [5, 5.41) is 0. The molecule has 0 saturated carbocycles. The zero-order valence-corrected chi connectivity index (χ0v) is 13.2. The quantitative estimate of drug-likeness (QED) is 0.787. The zero-order chi connectivity index (χ0) is 15.0. The second kappa shape index (κ2) is 5.33. The summed E-state index contributed by atoms with van der Waals surface area (Å²) in [6.45, 7) is 2.05. The van der Waals surface area contributed by atoms with Gasteiger partial charge in [-0.15, -0.1) is 0 Å². The molecule has 21 heavy (non-hydrogen) atoms. The van der Waals surface area contributed by atoms with Crippen molar-refractivity contribution in [1.82, 2.24) is 19.5 Å². The Hall–Kier alpha value is -2.15. The molecule has 0 aliphatic heterocycles. The number of methoxy groups -OCH3 is 1. The molecule has 0 aliphatic rings. The first-order valence-electron chi connectivity index (χ1n) is 6.39. The van der Waals surface area contributed by atoms with Crippen molar-refractivity contribution in [3.63, 3.8) is 0 Å². The maximum Gasteiger partial charge on any atom is 0.245 e. The molecule has 0 spiro atoms. The highest BCUT2D eigenvalue weighted by atomic mass is 79.9. The highest BCUT2D eigenvalue weighted by Gasteiger charge is 2.19. The van der Waals surface area contributed by atoms with Crippen molar-refractivity contribution >= 4 is 33.0 Å². The van der Waals surface area contributed by atoms with E-state index < -0.39 is 0 Å². The summed E-state index contributed by atoms with van der Waals surface area (Å²) < 4.78 is 8.12. The Kier molecular flexibility index (Phi) is 3.50. The van der Waals surface area contributed by atoms with Crippen molar-refractivity contribution in [2.45, 2.75) is 13.0 Å². The summed E-state index contributed by atoms with van der Waals surface area (Å²) in [6.07, 6.45) is 1.45. The molecule has 2 heterocycles. The van der Waals surface area contributed by atoms with E-state index >= 15 is 0 Å². The van der Waals surface area contributed by atoms with Gasteiger partial charge in [0, 0.05) is 4.47 Å². The van der Waals surface area contributed by atoms with Crippen LogP contribution < -0.4 is 10.5 Å². The number of fused-ring (bicyclic) bond motifs is 1. The van der Waals surface area contributed by atoms with Crippen molar-refractivity contribution in [2.75, 3.05) is 12.8 Å². The van der Waals surface area contributed by atoms with Crippen molar-refractivity contribution < 1.29 is 4.74 Å². The lowest BCUT2D eigenvalue weighted by molar-refractivity contribution is 0.401. The van der Waals surface area contributed by atoms with Gasteiger partial charge in [0.1, 0.15) is 6.33 Å². The molecule has 6 nitrogen and oxygen atoms in total. The predicted molar refractivity (Wildman–Crippen MR) is 84.2 cm³/mol. The molecule has 0 fully saturated rings. The highest BCUT2D eigenvalue weighted by Crippen LogP contribution is 2.29. The van der Waals surface area contributed by atoms with Crippen molar-refractivity contribution in [1.29, 1.82) is 0 Å². The summed E-state index contributed by atoms with van der Waals surface area (Å²) in [7, 11) is 1.55. The Morgan fingerprint density at radius 2 is 1.95 bits per heavy atom. The summed E-state index contributed by atoms with van der Waals surface area (Å²) in [5.41, 5.74) is 8.41. The van der Waals surface area contributed by atoms with Gasteiger partial charge >= 0.3 is 0 Å². The number of ether oxygens (including phenoxy) is 1. The normalized spacial score (nSPS) is 12.5. The zero-order valence-electron chi connectivity index (χ0n) is 11.6. The summed E-state index contributed by atoms with van der Waals surface area (Å²) >= 11 is 3.44. The van der Waals surface area contributed by atoms with Crippen LogP contribution in [-0.4, -0.2) is 26.6 Å². The Balaban J connectivity index is 2.15. The van der Waals surface area contributed by atoms with E-state index in [1.165, 1.54) is 6.33 Å². The van der Waals surface area contributed by atoms with E-state index in [0.717, 1.165) is 10.0 Å². The number of nitrogens with zero attached hydrogens (tertiary/aromatic N) is 4. The molecule has 0 aliphatic carbocycles. The molecule has 1 unspecified atom stereocenters. The number of anilines is 1. The SMILES string of the molecule is COc1ncnc2c1nc(N)n2C(C)c1ccc(Br)cc1. The molecule has 7 heteroatoms. The fraction of sp³-hybridized carbons (Fsp3) is 0.214. The van der Waals surface area contributed by atoms with Gasteiger partial charge in [0.2, 0.25) is 11.8 Å². The molecule has 0 radical (unpaired) electrons. The van der Waals surface area contributed by atoms with Crippen LogP contribution in [0.5, 0.6) is 5.88 Å². The van der Waals surface area contributed by atoms with Crippen LogP contribution in [0.2, 0.25) is 0 Å². The van der Waals surface area contributed by atoms with Crippen LogP contribution >= 0.6 is 15.9 Å². The average molecular weight is 348 g/mol. The summed E-state index contributed by atoms with van der Waals surface area (Å²) in [6, 6.07) is 8.08. The van der Waals surface area contributed by atoms with E-state index in [9.17, 15) is 0 Å². The average Bonchev–Trinajstić information content (AvgIpc) is 2.83. The van der Waals surface area contributed by atoms with Gasteiger partial charge in [-0.1, -0.05) is 28.1 Å². The second-order valence-electron chi connectivity index (χ2n) is 4.62. The molecule has 0 bridgehead atoms.